The molecule has 0 radical (unpaired) electrons. The Labute approximate surface area is 200 Å². The summed E-state index contributed by atoms with van der Waals surface area (Å²) in [6, 6.07) is 19.2. The van der Waals surface area contributed by atoms with Crippen molar-refractivity contribution in [1.82, 2.24) is 4.90 Å². The van der Waals surface area contributed by atoms with E-state index in [1.807, 2.05) is 67.6 Å². The highest BCUT2D eigenvalue weighted by molar-refractivity contribution is 6.02. The molecule has 0 unspecified atom stereocenters. The van der Waals surface area contributed by atoms with Gasteiger partial charge in [-0.2, -0.15) is 0 Å². The zero-order valence-corrected chi connectivity index (χ0v) is 19.5. The van der Waals surface area contributed by atoms with E-state index in [9.17, 15) is 9.59 Å². The van der Waals surface area contributed by atoms with Crippen LogP contribution in [0.2, 0.25) is 0 Å². The molecule has 5 rings (SSSR count). The van der Waals surface area contributed by atoms with Gasteiger partial charge in [-0.15, -0.1) is 0 Å². The summed E-state index contributed by atoms with van der Waals surface area (Å²) >= 11 is 0. The first kappa shape index (κ1) is 21.8. The van der Waals surface area contributed by atoms with Crippen molar-refractivity contribution in [2.75, 3.05) is 31.5 Å². The number of anilines is 2. The smallest absolute Gasteiger partial charge is 0.321 e. The van der Waals surface area contributed by atoms with Crippen molar-refractivity contribution < 1.29 is 20.5 Å². The number of benzene rings is 3. The second kappa shape index (κ2) is 8.41. The molecule has 7 heteroatoms. The third-order valence-electron chi connectivity index (χ3n) is 6.46. The third-order valence-corrected chi connectivity index (χ3v) is 6.46. The summed E-state index contributed by atoms with van der Waals surface area (Å²) in [6.07, 6.45) is 1.61. The van der Waals surface area contributed by atoms with Crippen molar-refractivity contribution in [3.8, 4) is 22.6 Å². The SMILES string of the molecule is Cc1ccc(NC(=O)C2(c3ccc4c(c3)OCO4)CC2)cc1-c1ccc(NC(=O)N(C)C)cc1.[HH]. The zero-order valence-electron chi connectivity index (χ0n) is 19.5. The molecule has 0 aromatic heterocycles. The van der Waals surface area contributed by atoms with E-state index >= 15 is 0 Å². The van der Waals surface area contributed by atoms with Crippen LogP contribution in [0, 0.1) is 6.92 Å². The largest absolute Gasteiger partial charge is 0.454 e. The molecule has 7 nitrogen and oxygen atoms in total. The summed E-state index contributed by atoms with van der Waals surface area (Å²) in [5, 5.41) is 5.96. The molecular weight excluding hydrogens is 430 g/mol. The van der Waals surface area contributed by atoms with Crippen LogP contribution in [-0.2, 0) is 10.2 Å². The molecule has 0 spiro atoms. The third kappa shape index (κ3) is 4.05. The minimum absolute atomic E-state index is 0. The standard InChI is InChI=1S/C27H27N3O4.H2/c1-17-4-8-21(15-22(17)18-5-9-20(10-6-18)29-26(32)30(2)3)28-25(31)27(12-13-27)19-7-11-23-24(14-19)34-16-33-23;/h4-11,14-15H,12-13,16H2,1-3H3,(H,28,31)(H,29,32);1H. The number of nitrogens with one attached hydrogen (secondary N) is 2. The summed E-state index contributed by atoms with van der Waals surface area (Å²) in [7, 11) is 3.40. The summed E-state index contributed by atoms with van der Waals surface area (Å²) in [4.78, 5) is 26.7. The molecule has 176 valence electrons. The molecule has 0 atom stereocenters. The second-order valence-electron chi connectivity index (χ2n) is 9.04. The molecule has 1 heterocycles. The predicted molar refractivity (Wildman–Crippen MR) is 134 cm³/mol. The Balaban J connectivity index is 0.00000289. The number of carbonyl (C=O) groups is 2. The molecule has 2 N–H and O–H groups in total. The zero-order chi connectivity index (χ0) is 23.9. The fourth-order valence-electron chi connectivity index (χ4n) is 4.20. The quantitative estimate of drug-likeness (QED) is 0.535. The van der Waals surface area contributed by atoms with Gasteiger partial charge >= 0.3 is 6.03 Å². The lowest BCUT2D eigenvalue weighted by Crippen LogP contribution is -2.27. The van der Waals surface area contributed by atoms with Crippen LogP contribution in [0.1, 0.15) is 25.4 Å². The van der Waals surface area contributed by atoms with Gasteiger partial charge < -0.3 is 25.0 Å². The van der Waals surface area contributed by atoms with Crippen molar-refractivity contribution in [1.29, 1.82) is 0 Å². The van der Waals surface area contributed by atoms with E-state index in [-0.39, 0.29) is 20.2 Å². The topological polar surface area (TPSA) is 79.9 Å². The first-order valence-corrected chi connectivity index (χ1v) is 11.3. The van der Waals surface area contributed by atoms with Crippen LogP contribution < -0.4 is 20.1 Å². The van der Waals surface area contributed by atoms with E-state index in [0.717, 1.165) is 52.2 Å². The number of fused-ring (bicyclic) bond motifs is 1. The number of aryl methyl sites for hydroxylation is 1. The van der Waals surface area contributed by atoms with Crippen LogP contribution in [0.5, 0.6) is 11.5 Å². The van der Waals surface area contributed by atoms with Gasteiger partial charge in [0.2, 0.25) is 12.7 Å². The van der Waals surface area contributed by atoms with Gasteiger partial charge in [-0.3, -0.25) is 4.79 Å². The average molecular weight is 460 g/mol. The number of hydrogen-bond acceptors (Lipinski definition) is 4. The summed E-state index contributed by atoms with van der Waals surface area (Å²) in [6.45, 7) is 2.25. The fourth-order valence-corrected chi connectivity index (χ4v) is 4.20. The van der Waals surface area contributed by atoms with Crippen molar-refractivity contribution in [3.63, 3.8) is 0 Å². The highest BCUT2D eigenvalue weighted by Crippen LogP contribution is 2.51. The lowest BCUT2D eigenvalue weighted by molar-refractivity contribution is -0.118. The molecule has 1 aliphatic heterocycles. The minimum atomic E-state index is -0.529. The van der Waals surface area contributed by atoms with Crippen LogP contribution in [-0.4, -0.2) is 37.7 Å². The summed E-state index contributed by atoms with van der Waals surface area (Å²) in [5.41, 5.74) is 5.03. The monoisotopic (exact) mass is 459 g/mol. The van der Waals surface area contributed by atoms with Gasteiger partial charge in [0.05, 0.1) is 5.41 Å². The van der Waals surface area contributed by atoms with Gasteiger partial charge in [0.1, 0.15) is 0 Å². The van der Waals surface area contributed by atoms with Crippen LogP contribution in [0.15, 0.2) is 60.7 Å². The first-order valence-electron chi connectivity index (χ1n) is 11.3. The number of ether oxygens (including phenoxy) is 2. The molecule has 1 fully saturated rings. The van der Waals surface area contributed by atoms with Gasteiger partial charge in [0, 0.05) is 26.9 Å². The van der Waals surface area contributed by atoms with Crippen molar-refractivity contribution in [3.05, 3.63) is 71.8 Å². The van der Waals surface area contributed by atoms with Crippen LogP contribution in [0.4, 0.5) is 16.2 Å². The number of amides is 3. The average Bonchev–Trinajstić information content (AvgIpc) is 3.51. The maximum atomic E-state index is 13.3. The molecule has 0 bridgehead atoms. The molecule has 3 amide bonds. The first-order chi connectivity index (χ1) is 16.4. The van der Waals surface area contributed by atoms with Crippen molar-refractivity contribution >= 4 is 23.3 Å². The van der Waals surface area contributed by atoms with Crippen LogP contribution in [0.3, 0.4) is 0 Å². The van der Waals surface area contributed by atoms with E-state index in [0.29, 0.717) is 5.75 Å². The fraction of sp³-hybridized carbons (Fsp3) is 0.259. The van der Waals surface area contributed by atoms with Gasteiger partial charge in [-0.25, -0.2) is 4.79 Å². The molecule has 1 saturated carbocycles. The number of hydrogen-bond donors (Lipinski definition) is 2. The number of nitrogens with zero attached hydrogens (tertiary/aromatic N) is 1. The van der Waals surface area contributed by atoms with Crippen LogP contribution in [0.25, 0.3) is 11.1 Å². The molecule has 3 aromatic rings. The Kier molecular flexibility index (Phi) is 5.40. The Morgan fingerprint density at radius 1 is 0.882 bits per heavy atom. The lowest BCUT2D eigenvalue weighted by atomic mass is 9.94. The molecule has 3 aromatic carbocycles. The van der Waals surface area contributed by atoms with Gasteiger partial charge in [-0.1, -0.05) is 24.3 Å². The van der Waals surface area contributed by atoms with Crippen molar-refractivity contribution in [2.24, 2.45) is 0 Å². The van der Waals surface area contributed by atoms with E-state index < -0.39 is 5.41 Å². The van der Waals surface area contributed by atoms with Gasteiger partial charge in [-0.05, 0) is 78.4 Å². The highest BCUT2D eigenvalue weighted by Gasteiger charge is 2.51. The molecule has 1 aliphatic carbocycles. The number of carbonyl (C=O) groups excluding carboxylic acids is 2. The van der Waals surface area contributed by atoms with Gasteiger partial charge in [0.25, 0.3) is 0 Å². The van der Waals surface area contributed by atoms with Crippen molar-refractivity contribution in [2.45, 2.75) is 25.2 Å². The maximum Gasteiger partial charge on any atom is 0.321 e. The normalized spacial score (nSPS) is 14.9. The van der Waals surface area contributed by atoms with E-state index in [2.05, 4.69) is 10.6 Å². The van der Waals surface area contributed by atoms with E-state index in [4.69, 9.17) is 9.47 Å². The number of urea groups is 1. The maximum absolute atomic E-state index is 13.3. The molecule has 0 saturated heterocycles. The Bertz CT molecular complexity index is 1270. The molecular formula is C27H29N3O4. The highest BCUT2D eigenvalue weighted by atomic mass is 16.7. The summed E-state index contributed by atoms with van der Waals surface area (Å²) < 4.78 is 10.9. The van der Waals surface area contributed by atoms with Gasteiger partial charge in [0.15, 0.2) is 11.5 Å². The predicted octanol–water partition coefficient (Wildman–Crippen LogP) is 5.40. The lowest BCUT2D eigenvalue weighted by Gasteiger charge is -2.17. The Morgan fingerprint density at radius 3 is 2.29 bits per heavy atom. The van der Waals surface area contributed by atoms with E-state index in [1.54, 1.807) is 14.1 Å². The van der Waals surface area contributed by atoms with Crippen LogP contribution >= 0.6 is 0 Å². The summed E-state index contributed by atoms with van der Waals surface area (Å²) in [5.74, 6) is 1.40. The van der Waals surface area contributed by atoms with E-state index in [1.165, 1.54) is 4.90 Å². The molecule has 34 heavy (non-hydrogen) atoms. The Hall–Kier alpha value is -4.00. The minimum Gasteiger partial charge on any atom is -0.454 e. The second-order valence-corrected chi connectivity index (χ2v) is 9.04. The molecule has 2 aliphatic rings. The Morgan fingerprint density at radius 2 is 1.59 bits per heavy atom. The number of rotatable bonds is 5.